The normalized spacial score (nSPS) is 29.1. The topological polar surface area (TPSA) is 342 Å². The minimum atomic E-state index is -1.40. The largest absolute Gasteiger partial charge is 0.463 e. The standard InChI is InChI=1S/C20H28N2O7.C17H24N2O7.C12H16N2O6/c1-4-5-6-7-8-9-15(24)26-12-13-16-17(29-20(2,3)28-16)18(27-13)22-11-10-14(23)21-19(22)25;1-2-3-4-5-6-7-13(21)25-10-11-14(22)15(23)16(26-11)19-9-8-12(20)18-17(19)24;1-12(2)19-8-6(5-15)18-10(9(8)20-12)14-4-3-7(16)13-11(14)17/h5-6,10-11,13,16-18H,4,7-9,12H2,1-3H3,(H,21,23,25);3-4,8-9,11,14-16,22-23H,2,5-7,10H2,1H3,(H,18,20,24);3-4,6,8-10,15H,5H2,1-2H3,(H,13,16,17)/b6-5-;4-3-;/t13?,16-,17-,18-;11?,14-,15-,16-;6-,8-,9-,10-/m111/s1. The van der Waals surface area contributed by atoms with Gasteiger partial charge < -0.3 is 58.0 Å². The van der Waals surface area contributed by atoms with Crippen LogP contribution in [-0.2, 0) is 52.2 Å². The first kappa shape index (κ1) is 58.3. The number of ether oxygens (including phenoxy) is 9. The van der Waals surface area contributed by atoms with E-state index in [1.54, 1.807) is 27.7 Å². The fourth-order valence-corrected chi connectivity index (χ4v) is 8.82. The number of nitrogens with zero attached hydrogens (tertiary/aromatic N) is 3. The monoisotopic (exact) mass is 1060 g/mol. The molecule has 0 aliphatic carbocycles. The molecule has 26 heteroatoms. The summed E-state index contributed by atoms with van der Waals surface area (Å²) in [6.45, 7) is 10.7. The van der Waals surface area contributed by atoms with Crippen molar-refractivity contribution in [2.75, 3.05) is 19.8 Å². The van der Waals surface area contributed by atoms with Gasteiger partial charge in [0.2, 0.25) is 0 Å². The highest BCUT2D eigenvalue weighted by Crippen LogP contribution is 2.44. The minimum absolute atomic E-state index is 0.00115. The summed E-state index contributed by atoms with van der Waals surface area (Å²) >= 11 is 0. The average Bonchev–Trinajstić information content (AvgIpc) is 4.12. The third kappa shape index (κ3) is 15.4. The Morgan fingerprint density at radius 3 is 1.35 bits per heavy atom. The van der Waals surface area contributed by atoms with E-state index in [0.717, 1.165) is 42.7 Å². The molecule has 0 amide bonds. The second-order valence-corrected chi connectivity index (χ2v) is 19.0. The van der Waals surface area contributed by atoms with Crippen molar-refractivity contribution in [3.05, 3.63) is 124 Å². The molecule has 5 aliphatic rings. The predicted molar refractivity (Wildman–Crippen MR) is 261 cm³/mol. The van der Waals surface area contributed by atoms with Crippen LogP contribution in [0.15, 0.2) is 89.9 Å². The van der Waals surface area contributed by atoms with Gasteiger partial charge in [0, 0.05) is 49.6 Å². The van der Waals surface area contributed by atoms with E-state index in [1.165, 1.54) is 39.9 Å². The van der Waals surface area contributed by atoms with Crippen LogP contribution in [-0.4, -0.2) is 142 Å². The lowest BCUT2D eigenvalue weighted by Gasteiger charge is -2.24. The molecule has 5 fully saturated rings. The number of aliphatic hydroxyl groups is 3. The molecule has 3 aromatic heterocycles. The van der Waals surface area contributed by atoms with Crippen LogP contribution in [0.4, 0.5) is 0 Å². The highest BCUT2D eigenvalue weighted by atomic mass is 16.8. The molecule has 5 aliphatic heterocycles. The van der Waals surface area contributed by atoms with Gasteiger partial charge in [-0.3, -0.25) is 52.6 Å². The quantitative estimate of drug-likeness (QED) is 0.0571. The van der Waals surface area contributed by atoms with Gasteiger partial charge in [0.25, 0.3) is 16.7 Å². The molecule has 8 rings (SSSR count). The van der Waals surface area contributed by atoms with Gasteiger partial charge in [0.15, 0.2) is 30.3 Å². The smallest absolute Gasteiger partial charge is 0.330 e. The summed E-state index contributed by atoms with van der Waals surface area (Å²) < 4.78 is 54.2. The predicted octanol–water partition coefficient (Wildman–Crippen LogP) is 0.416. The van der Waals surface area contributed by atoms with Crippen molar-refractivity contribution in [3.63, 3.8) is 0 Å². The number of hydrogen-bond acceptors (Lipinski definition) is 20. The molecule has 0 saturated carbocycles. The summed E-state index contributed by atoms with van der Waals surface area (Å²) in [5.74, 6) is -2.41. The Hall–Kier alpha value is -5.94. The van der Waals surface area contributed by atoms with Crippen LogP contribution in [0, 0.1) is 0 Å². The SMILES string of the molecule is CC/C=C\CCCC(=O)OCC1O[C@@H](n2ccc(=O)[nH]c2=O)[C@@H]2OC(C)(C)O[C@H]12.CC/C=C\CCCC(=O)OCC1O[C@@H](n2ccc(=O)[nH]c2=O)[C@H](O)[C@@H]1O.CC1(C)O[C@@H]2[C@H](O1)[C@@H](CO)O[C@H]2n1ccc(=O)[nH]c1=O. The molecule has 0 bridgehead atoms. The summed E-state index contributed by atoms with van der Waals surface area (Å²) in [6, 6.07) is 3.57. The molecule has 6 N–H and O–H groups in total. The van der Waals surface area contributed by atoms with Crippen molar-refractivity contribution in [2.45, 2.75) is 178 Å². The zero-order valence-corrected chi connectivity index (χ0v) is 42.6. The van der Waals surface area contributed by atoms with Gasteiger partial charge >= 0.3 is 29.0 Å². The van der Waals surface area contributed by atoms with E-state index in [-0.39, 0.29) is 32.2 Å². The Bertz CT molecular complexity index is 2810. The number of rotatable bonds is 18. The van der Waals surface area contributed by atoms with E-state index in [4.69, 9.17) is 42.6 Å². The van der Waals surface area contributed by atoms with Gasteiger partial charge in [-0.1, -0.05) is 38.2 Å². The molecule has 5 saturated heterocycles. The zero-order valence-electron chi connectivity index (χ0n) is 42.6. The summed E-state index contributed by atoms with van der Waals surface area (Å²) in [5.41, 5.74) is -3.53. The van der Waals surface area contributed by atoms with Crippen LogP contribution in [0.3, 0.4) is 0 Å². The molecule has 75 heavy (non-hydrogen) atoms. The Kier molecular flexibility index (Phi) is 20.4. The number of hydrogen-bond donors (Lipinski definition) is 6. The summed E-state index contributed by atoms with van der Waals surface area (Å²) in [5, 5.41) is 29.5. The molecule has 0 spiro atoms. The van der Waals surface area contributed by atoms with Crippen molar-refractivity contribution < 1.29 is 67.5 Å². The third-order valence-electron chi connectivity index (χ3n) is 12.3. The zero-order chi connectivity index (χ0) is 54.6. The maximum absolute atomic E-state index is 12.2. The van der Waals surface area contributed by atoms with Crippen molar-refractivity contribution in [3.8, 4) is 0 Å². The summed E-state index contributed by atoms with van der Waals surface area (Å²) in [6.07, 6.45) is 7.81. The van der Waals surface area contributed by atoms with Crippen molar-refractivity contribution in [1.29, 1.82) is 0 Å². The molecule has 0 radical (unpaired) electrons. The number of esters is 2. The Morgan fingerprint density at radius 2 is 0.933 bits per heavy atom. The van der Waals surface area contributed by atoms with E-state index in [0.29, 0.717) is 12.8 Å². The van der Waals surface area contributed by atoms with E-state index in [2.05, 4.69) is 29.0 Å². The molecular weight excluding hydrogens is 993 g/mol. The molecular formula is C49H68N6O20. The van der Waals surface area contributed by atoms with Gasteiger partial charge in [0.05, 0.1) is 6.61 Å². The Balaban J connectivity index is 0.000000186. The number of nitrogens with one attached hydrogen (secondary N) is 3. The fourth-order valence-electron chi connectivity index (χ4n) is 8.82. The highest BCUT2D eigenvalue weighted by molar-refractivity contribution is 5.69. The van der Waals surface area contributed by atoms with Crippen LogP contribution in [0.1, 0.15) is 112 Å². The van der Waals surface area contributed by atoms with Gasteiger partial charge in [-0.15, -0.1) is 0 Å². The molecule has 8 heterocycles. The fraction of sp³-hybridized carbons (Fsp3) is 0.633. The average molecular weight is 1060 g/mol. The lowest BCUT2D eigenvalue weighted by molar-refractivity contribution is -0.203. The van der Waals surface area contributed by atoms with Crippen molar-refractivity contribution in [1.82, 2.24) is 28.7 Å². The maximum atomic E-state index is 12.2. The molecule has 12 atom stereocenters. The number of carbonyl (C=O) groups is 2. The number of aliphatic hydroxyl groups excluding tert-OH is 3. The first-order valence-electron chi connectivity index (χ1n) is 24.9. The number of unbranched alkanes of at least 4 members (excludes halogenated alkanes) is 2. The van der Waals surface area contributed by atoms with E-state index in [1.807, 2.05) is 24.1 Å². The van der Waals surface area contributed by atoms with E-state index < -0.39 is 125 Å². The second kappa shape index (κ2) is 26.2. The number of carbonyl (C=O) groups excluding carboxylic acids is 2. The maximum Gasteiger partial charge on any atom is 0.330 e. The number of H-pyrrole nitrogens is 3. The van der Waals surface area contributed by atoms with Crippen molar-refractivity contribution in [2.24, 2.45) is 0 Å². The van der Waals surface area contributed by atoms with Crippen LogP contribution in [0.2, 0.25) is 0 Å². The molecule has 0 aromatic carbocycles. The lowest BCUT2D eigenvalue weighted by Crippen LogP contribution is -2.37. The Morgan fingerprint density at radius 1 is 0.560 bits per heavy atom. The highest BCUT2D eigenvalue weighted by Gasteiger charge is 2.57. The second-order valence-electron chi connectivity index (χ2n) is 19.0. The van der Waals surface area contributed by atoms with Gasteiger partial charge in [0.1, 0.15) is 68.1 Å². The number of allylic oxidation sites excluding steroid dienone is 4. The van der Waals surface area contributed by atoms with E-state index in [9.17, 15) is 53.7 Å². The Labute approximate surface area is 428 Å². The third-order valence-corrected chi connectivity index (χ3v) is 12.3. The molecule has 26 nitrogen and oxygen atoms in total. The van der Waals surface area contributed by atoms with E-state index >= 15 is 0 Å². The van der Waals surface area contributed by atoms with Gasteiger partial charge in [-0.25, -0.2) is 14.4 Å². The number of aromatic amines is 3. The summed E-state index contributed by atoms with van der Waals surface area (Å²) in [7, 11) is 0. The summed E-state index contributed by atoms with van der Waals surface area (Å²) in [4.78, 5) is 99.5. The van der Waals surface area contributed by atoms with Crippen molar-refractivity contribution >= 4 is 11.9 Å². The van der Waals surface area contributed by atoms with Crippen LogP contribution < -0.4 is 33.7 Å². The molecule has 2 unspecified atom stereocenters. The first-order valence-corrected chi connectivity index (χ1v) is 24.9. The van der Waals surface area contributed by atoms with Crippen LogP contribution in [0.5, 0.6) is 0 Å². The number of fused-ring (bicyclic) bond motifs is 2. The van der Waals surface area contributed by atoms with Gasteiger partial charge in [-0.2, -0.15) is 0 Å². The van der Waals surface area contributed by atoms with Crippen LogP contribution >= 0.6 is 0 Å². The number of aromatic nitrogens is 6. The lowest BCUT2D eigenvalue weighted by atomic mass is 10.1. The minimum Gasteiger partial charge on any atom is -0.463 e. The molecule has 3 aromatic rings. The molecule has 414 valence electrons. The van der Waals surface area contributed by atoms with Crippen LogP contribution in [0.25, 0.3) is 0 Å². The van der Waals surface area contributed by atoms with Gasteiger partial charge in [-0.05, 0) is 66.2 Å². The first-order chi connectivity index (χ1) is 35.6.